The highest BCUT2D eigenvalue weighted by atomic mass is 16.6. The summed E-state index contributed by atoms with van der Waals surface area (Å²) < 4.78 is 5.25. The van der Waals surface area contributed by atoms with Crippen LogP contribution >= 0.6 is 0 Å². The zero-order chi connectivity index (χ0) is 24.8. The summed E-state index contributed by atoms with van der Waals surface area (Å²) >= 11 is 0. The Morgan fingerprint density at radius 2 is 1.46 bits per heavy atom. The number of benzene rings is 2. The molecule has 0 aromatic heterocycles. The first-order valence-electron chi connectivity index (χ1n) is 12.5. The van der Waals surface area contributed by atoms with Gasteiger partial charge in [-0.15, -0.1) is 0 Å². The second-order valence-electron chi connectivity index (χ2n) is 10.9. The highest BCUT2D eigenvalue weighted by Gasteiger charge is 2.51. The van der Waals surface area contributed by atoms with Crippen LogP contribution in [-0.4, -0.2) is 29.0 Å². The van der Waals surface area contributed by atoms with Crippen LogP contribution in [0, 0.1) is 0 Å². The number of fused-ring (bicyclic) bond motifs is 2. The van der Waals surface area contributed by atoms with Gasteiger partial charge < -0.3 is 15.4 Å². The molecule has 184 valence electrons. The van der Waals surface area contributed by atoms with Crippen molar-refractivity contribution < 1.29 is 19.1 Å². The van der Waals surface area contributed by atoms with Crippen LogP contribution in [0.5, 0.6) is 0 Å². The monoisotopic (exact) mass is 475 g/mol. The topological polar surface area (TPSA) is 96.5 Å². The number of nitrogens with one attached hydrogen (secondary N) is 3. The minimum atomic E-state index is -0.864. The number of carbonyl (C=O) groups is 3. The van der Waals surface area contributed by atoms with Crippen LogP contribution in [0.15, 0.2) is 30.3 Å². The smallest absolute Gasteiger partial charge is 0.412 e. The molecule has 1 fully saturated rings. The molecule has 2 aromatic rings. The number of ether oxygens (including phenoxy) is 1. The van der Waals surface area contributed by atoms with Crippen LogP contribution < -0.4 is 16.0 Å². The van der Waals surface area contributed by atoms with Gasteiger partial charge in [-0.1, -0.05) is 6.07 Å². The van der Waals surface area contributed by atoms with E-state index < -0.39 is 17.2 Å². The molecule has 35 heavy (non-hydrogen) atoms. The van der Waals surface area contributed by atoms with Crippen molar-refractivity contribution in [2.24, 2.45) is 0 Å². The summed E-state index contributed by atoms with van der Waals surface area (Å²) in [7, 11) is 0. The molecule has 0 atom stereocenters. The van der Waals surface area contributed by atoms with Crippen molar-refractivity contribution in [3.05, 3.63) is 58.1 Å². The number of hydrogen-bond acceptors (Lipinski definition) is 4. The first-order chi connectivity index (χ1) is 16.6. The van der Waals surface area contributed by atoms with Crippen LogP contribution in [0.4, 0.5) is 16.2 Å². The lowest BCUT2D eigenvalue weighted by Crippen LogP contribution is -2.46. The number of hydrogen-bond donors (Lipinski definition) is 3. The SMILES string of the molecule is CC(C)(C)OC(=O)Nc1ccc(C(=O)NC2(C(=O)Nc3c4c(cc5c3CCC5)CCC4)CC2)cc1. The molecule has 3 amide bonds. The molecule has 1 saturated carbocycles. The molecular weight excluding hydrogens is 442 g/mol. The van der Waals surface area contributed by atoms with Gasteiger partial charge in [0, 0.05) is 16.9 Å². The van der Waals surface area contributed by atoms with Crippen molar-refractivity contribution in [1.29, 1.82) is 0 Å². The van der Waals surface area contributed by atoms with Gasteiger partial charge in [0.2, 0.25) is 5.91 Å². The van der Waals surface area contributed by atoms with Gasteiger partial charge in [0.15, 0.2) is 0 Å². The zero-order valence-corrected chi connectivity index (χ0v) is 20.7. The third kappa shape index (κ3) is 4.90. The molecule has 7 nitrogen and oxygen atoms in total. The number of anilines is 2. The minimum Gasteiger partial charge on any atom is -0.444 e. The summed E-state index contributed by atoms with van der Waals surface area (Å²) in [6.45, 7) is 5.38. The highest BCUT2D eigenvalue weighted by molar-refractivity contribution is 6.06. The van der Waals surface area contributed by atoms with Gasteiger partial charge in [-0.3, -0.25) is 14.9 Å². The first kappa shape index (κ1) is 23.4. The summed E-state index contributed by atoms with van der Waals surface area (Å²) in [5.74, 6) is -0.423. The molecule has 0 unspecified atom stereocenters. The van der Waals surface area contributed by atoms with Gasteiger partial charge in [0.05, 0.1) is 0 Å². The van der Waals surface area contributed by atoms with E-state index in [0.29, 0.717) is 24.1 Å². The van der Waals surface area contributed by atoms with Gasteiger partial charge >= 0.3 is 6.09 Å². The maximum absolute atomic E-state index is 13.4. The second-order valence-corrected chi connectivity index (χ2v) is 10.9. The van der Waals surface area contributed by atoms with Crippen LogP contribution in [0.25, 0.3) is 0 Å². The summed E-state index contributed by atoms with van der Waals surface area (Å²) in [5, 5.41) is 8.86. The normalized spacial score (nSPS) is 17.2. The van der Waals surface area contributed by atoms with Crippen molar-refractivity contribution in [2.45, 2.75) is 83.3 Å². The molecule has 2 aromatic carbocycles. The Labute approximate surface area is 206 Å². The van der Waals surface area contributed by atoms with E-state index in [1.54, 1.807) is 45.0 Å². The molecule has 0 spiro atoms. The van der Waals surface area contributed by atoms with Gasteiger partial charge in [-0.2, -0.15) is 0 Å². The Bertz CT molecular complexity index is 1160. The van der Waals surface area contributed by atoms with Crippen molar-refractivity contribution in [1.82, 2.24) is 5.32 Å². The minimum absolute atomic E-state index is 0.122. The third-order valence-corrected chi connectivity index (χ3v) is 7.04. The molecule has 0 saturated heterocycles. The van der Waals surface area contributed by atoms with E-state index in [1.165, 1.54) is 22.3 Å². The Morgan fingerprint density at radius 1 is 0.857 bits per heavy atom. The van der Waals surface area contributed by atoms with Crippen molar-refractivity contribution in [3.63, 3.8) is 0 Å². The van der Waals surface area contributed by atoms with Crippen LogP contribution in [-0.2, 0) is 35.2 Å². The maximum Gasteiger partial charge on any atom is 0.412 e. The lowest BCUT2D eigenvalue weighted by atomic mass is 9.98. The fourth-order valence-corrected chi connectivity index (χ4v) is 5.15. The predicted octanol–water partition coefficient (Wildman–Crippen LogP) is 4.91. The average Bonchev–Trinajstić information content (AvgIpc) is 3.18. The van der Waals surface area contributed by atoms with Gasteiger partial charge in [0.25, 0.3) is 5.91 Å². The molecule has 3 N–H and O–H groups in total. The molecule has 0 heterocycles. The number of carbonyl (C=O) groups excluding carboxylic acids is 3. The van der Waals surface area contributed by atoms with E-state index in [9.17, 15) is 14.4 Å². The van der Waals surface area contributed by atoms with E-state index in [4.69, 9.17) is 4.74 Å². The quantitative estimate of drug-likeness (QED) is 0.572. The Hall–Kier alpha value is -3.35. The summed E-state index contributed by atoms with van der Waals surface area (Å²) in [4.78, 5) is 38.3. The fourth-order valence-electron chi connectivity index (χ4n) is 5.15. The summed E-state index contributed by atoms with van der Waals surface area (Å²) in [6.07, 6.45) is 7.10. The Balaban J connectivity index is 1.25. The molecule has 3 aliphatic rings. The van der Waals surface area contributed by atoms with Crippen molar-refractivity contribution in [2.75, 3.05) is 10.6 Å². The molecule has 0 aliphatic heterocycles. The van der Waals surface area contributed by atoms with E-state index in [2.05, 4.69) is 22.0 Å². The lowest BCUT2D eigenvalue weighted by Gasteiger charge is -2.21. The van der Waals surface area contributed by atoms with Crippen LogP contribution in [0.3, 0.4) is 0 Å². The molecule has 5 rings (SSSR count). The average molecular weight is 476 g/mol. The van der Waals surface area contributed by atoms with E-state index in [0.717, 1.165) is 44.2 Å². The van der Waals surface area contributed by atoms with Crippen LogP contribution in [0.1, 0.15) is 79.1 Å². The predicted molar refractivity (Wildman–Crippen MR) is 135 cm³/mol. The zero-order valence-electron chi connectivity index (χ0n) is 20.7. The Kier molecular flexibility index (Phi) is 5.82. The highest BCUT2D eigenvalue weighted by Crippen LogP contribution is 2.41. The lowest BCUT2D eigenvalue weighted by molar-refractivity contribution is -0.118. The van der Waals surface area contributed by atoms with E-state index >= 15 is 0 Å². The molecule has 0 bridgehead atoms. The standard InChI is InChI=1S/C28H33N3O4/c1-27(2,3)35-26(34)29-20-12-10-17(11-13-20)24(32)31-28(14-15-28)25(33)30-23-21-8-4-6-18(21)16-19-7-5-9-22(19)23/h10-13,16H,4-9,14-15H2,1-3H3,(H,29,34)(H,30,33)(H,31,32). The summed E-state index contributed by atoms with van der Waals surface area (Å²) in [6, 6.07) is 8.90. The molecule has 0 radical (unpaired) electrons. The second kappa shape index (κ2) is 8.70. The summed E-state index contributed by atoms with van der Waals surface area (Å²) in [5.41, 5.74) is 5.82. The van der Waals surface area contributed by atoms with Gasteiger partial charge in [-0.25, -0.2) is 4.79 Å². The number of aryl methyl sites for hydroxylation is 2. The molecule has 3 aliphatic carbocycles. The third-order valence-electron chi connectivity index (χ3n) is 7.04. The van der Waals surface area contributed by atoms with Gasteiger partial charge in [-0.05, 0) is 119 Å². The number of rotatable bonds is 5. The largest absolute Gasteiger partial charge is 0.444 e. The molecule has 7 heteroatoms. The fraction of sp³-hybridized carbons (Fsp3) is 0.464. The van der Waals surface area contributed by atoms with Crippen LogP contribution in [0.2, 0.25) is 0 Å². The van der Waals surface area contributed by atoms with Gasteiger partial charge in [0.1, 0.15) is 11.1 Å². The molecular formula is C28H33N3O4. The maximum atomic E-state index is 13.4. The van der Waals surface area contributed by atoms with E-state index in [-0.39, 0.29) is 11.8 Å². The van der Waals surface area contributed by atoms with E-state index in [1.807, 2.05) is 0 Å². The number of amides is 3. The first-order valence-corrected chi connectivity index (χ1v) is 12.5. The van der Waals surface area contributed by atoms with Crippen molar-refractivity contribution >= 4 is 29.3 Å². The van der Waals surface area contributed by atoms with Crippen molar-refractivity contribution in [3.8, 4) is 0 Å². The Morgan fingerprint density at radius 3 is 2.00 bits per heavy atom.